The van der Waals surface area contributed by atoms with Gasteiger partial charge in [0.15, 0.2) is 17.0 Å². The zero-order valence-electron chi connectivity index (χ0n) is 23.2. The van der Waals surface area contributed by atoms with Crippen molar-refractivity contribution >= 4 is 29.5 Å². The Morgan fingerprint density at radius 2 is 1.88 bits per heavy atom. The summed E-state index contributed by atoms with van der Waals surface area (Å²) in [7, 11) is 0. The summed E-state index contributed by atoms with van der Waals surface area (Å²) < 4.78 is 40.6. The number of carbonyl (C=O) groups is 3. The van der Waals surface area contributed by atoms with Crippen LogP contribution >= 0.6 is 11.8 Å². The van der Waals surface area contributed by atoms with Crippen LogP contribution in [0.2, 0.25) is 0 Å². The second-order valence-corrected chi connectivity index (χ2v) is 11.6. The van der Waals surface area contributed by atoms with Gasteiger partial charge in [-0.25, -0.2) is 13.2 Å². The summed E-state index contributed by atoms with van der Waals surface area (Å²) in [5.41, 5.74) is 6.78. The highest BCUT2D eigenvalue weighted by Crippen LogP contribution is 2.25. The number of rotatable bonds is 13. The summed E-state index contributed by atoms with van der Waals surface area (Å²) in [5, 5.41) is 17.1. The van der Waals surface area contributed by atoms with Gasteiger partial charge < -0.3 is 26.4 Å². The Balaban J connectivity index is 1.47. The molecule has 1 saturated heterocycles. The first-order valence-electron chi connectivity index (χ1n) is 13.6. The monoisotopic (exact) mass is 597 g/mol. The van der Waals surface area contributed by atoms with Crippen molar-refractivity contribution in [2.24, 2.45) is 11.7 Å². The number of benzene rings is 1. The third-order valence-electron chi connectivity index (χ3n) is 6.84. The first-order chi connectivity index (χ1) is 19.5. The number of aliphatic hydroxyl groups is 1. The second-order valence-electron chi connectivity index (χ2n) is 10.4. The molecule has 0 bridgehead atoms. The van der Waals surface area contributed by atoms with Crippen molar-refractivity contribution < 1.29 is 32.7 Å². The lowest BCUT2D eigenvalue weighted by atomic mass is 9.98. The molecule has 41 heavy (non-hydrogen) atoms. The highest BCUT2D eigenvalue weighted by Gasteiger charge is 2.35. The first-order valence-corrected chi connectivity index (χ1v) is 14.6. The summed E-state index contributed by atoms with van der Waals surface area (Å²) in [4.78, 5) is 39.7. The number of carbonyl (C=O) groups excluding carboxylic acids is 3. The fourth-order valence-electron chi connectivity index (χ4n) is 4.65. The molecule has 0 aromatic heterocycles. The molecule has 1 aliphatic carbocycles. The maximum Gasteiger partial charge on any atom is 0.253 e. The van der Waals surface area contributed by atoms with E-state index in [2.05, 4.69) is 16.0 Å². The summed E-state index contributed by atoms with van der Waals surface area (Å²) in [6, 6.07) is -0.137. The van der Waals surface area contributed by atoms with Gasteiger partial charge in [0.25, 0.3) is 5.91 Å². The van der Waals surface area contributed by atoms with Gasteiger partial charge in [-0.15, -0.1) is 11.8 Å². The van der Waals surface area contributed by atoms with Crippen LogP contribution in [-0.2, 0) is 20.8 Å². The molecule has 13 heteroatoms. The average Bonchev–Trinajstić information content (AvgIpc) is 3.43. The Morgan fingerprint density at radius 1 is 1.15 bits per heavy atom. The van der Waals surface area contributed by atoms with Crippen LogP contribution in [0.15, 0.2) is 35.9 Å². The average molecular weight is 598 g/mol. The number of nitrogens with two attached hydrogens (primary N) is 1. The molecule has 3 amide bonds. The maximum absolute atomic E-state index is 14.0. The summed E-state index contributed by atoms with van der Waals surface area (Å²) in [6.07, 6.45) is 6.08. The van der Waals surface area contributed by atoms with Gasteiger partial charge in [0.2, 0.25) is 11.8 Å². The number of halogens is 3. The number of hydrogen-bond donors (Lipinski definition) is 5. The Kier molecular flexibility index (Phi) is 12.2. The van der Waals surface area contributed by atoms with Crippen molar-refractivity contribution in [1.29, 1.82) is 0 Å². The number of nitrogens with one attached hydrogen (secondary N) is 3. The predicted molar refractivity (Wildman–Crippen MR) is 151 cm³/mol. The molecule has 9 nitrogen and oxygen atoms in total. The van der Waals surface area contributed by atoms with E-state index in [0.29, 0.717) is 24.8 Å². The van der Waals surface area contributed by atoms with Gasteiger partial charge in [0, 0.05) is 50.0 Å². The number of aliphatic hydroxyl groups excluding tert-OH is 1. The van der Waals surface area contributed by atoms with Crippen LogP contribution in [0.25, 0.3) is 0 Å². The summed E-state index contributed by atoms with van der Waals surface area (Å²) >= 11 is 1.33. The number of amides is 3. The quantitative estimate of drug-likeness (QED) is 0.217. The number of thioether (sulfide) groups is 1. The van der Waals surface area contributed by atoms with Crippen molar-refractivity contribution in [2.75, 3.05) is 32.0 Å². The molecule has 1 fully saturated rings. The lowest BCUT2D eigenvalue weighted by Crippen LogP contribution is -2.51. The molecule has 6 N–H and O–H groups in total. The molecule has 226 valence electrons. The van der Waals surface area contributed by atoms with E-state index in [9.17, 15) is 27.6 Å². The van der Waals surface area contributed by atoms with E-state index >= 15 is 0 Å². The maximum atomic E-state index is 14.0. The van der Waals surface area contributed by atoms with Crippen LogP contribution in [0.1, 0.15) is 32.3 Å². The fourth-order valence-corrected chi connectivity index (χ4v) is 5.81. The number of nitrogens with zero attached hydrogens (tertiary/aromatic N) is 1. The lowest BCUT2D eigenvalue weighted by Gasteiger charge is -2.27. The van der Waals surface area contributed by atoms with Crippen LogP contribution in [0.4, 0.5) is 13.2 Å². The molecule has 4 atom stereocenters. The molecule has 3 rings (SSSR count). The van der Waals surface area contributed by atoms with Crippen LogP contribution < -0.4 is 21.7 Å². The van der Waals surface area contributed by atoms with Crippen LogP contribution in [-0.4, -0.2) is 83.2 Å². The molecule has 1 aromatic carbocycles. The molecule has 1 unspecified atom stereocenters. The zero-order valence-corrected chi connectivity index (χ0v) is 24.0. The zero-order chi connectivity index (χ0) is 30.1. The third-order valence-corrected chi connectivity index (χ3v) is 8.04. The van der Waals surface area contributed by atoms with Gasteiger partial charge in [-0.2, -0.15) is 0 Å². The van der Waals surface area contributed by atoms with Gasteiger partial charge in [0.05, 0.1) is 12.6 Å². The topological polar surface area (TPSA) is 137 Å². The molecule has 0 spiro atoms. The van der Waals surface area contributed by atoms with Gasteiger partial charge in [-0.1, -0.05) is 32.1 Å². The minimum absolute atomic E-state index is 0.0444. The summed E-state index contributed by atoms with van der Waals surface area (Å²) in [6.45, 7) is 4.56. The number of hydrogen-bond acceptors (Lipinski definition) is 7. The molecule has 2 aliphatic rings. The Morgan fingerprint density at radius 3 is 2.54 bits per heavy atom. The van der Waals surface area contributed by atoms with Gasteiger partial charge >= 0.3 is 0 Å². The van der Waals surface area contributed by atoms with Crippen LogP contribution in [0.3, 0.4) is 0 Å². The Hall–Kier alpha value is -2.87. The standard InChI is InChI=1S/C28H38F3N5O4S/c1-16(2)25(26(39)33-7-9-37)35-20-5-3-17(4-6-20)15-34-27(40)28-36(8-10-41-28)24(38)13-19(32)11-18-12-22(30)23(31)14-21(18)29/h3-5,12,14,16,19-20,25,28,35,37H,6-11,13,15,32H2,1-2H3,(H,33,39)(H,34,40)/t19-,20?,25-,28+/m1/s1. The normalized spacial score (nSPS) is 20.1. The van der Waals surface area contributed by atoms with E-state index in [1.807, 2.05) is 32.1 Å². The molecule has 1 aromatic rings. The second kappa shape index (κ2) is 15.4. The minimum atomic E-state index is -1.30. The van der Waals surface area contributed by atoms with Gasteiger partial charge in [-0.05, 0) is 36.0 Å². The SMILES string of the molecule is CC(C)[C@@H](NC1C=CC(CNC(=O)[C@@H]2SCCN2C(=O)C[C@H](N)Cc2cc(F)c(F)cc2F)=CC1)C(=O)NCCO. The van der Waals surface area contributed by atoms with Crippen molar-refractivity contribution in [1.82, 2.24) is 20.9 Å². The van der Waals surface area contributed by atoms with Crippen molar-refractivity contribution in [3.8, 4) is 0 Å². The lowest BCUT2D eigenvalue weighted by molar-refractivity contribution is -0.136. The van der Waals surface area contributed by atoms with E-state index in [4.69, 9.17) is 10.8 Å². The largest absolute Gasteiger partial charge is 0.395 e. The molecule has 0 radical (unpaired) electrons. The van der Waals surface area contributed by atoms with E-state index in [-0.39, 0.29) is 67.8 Å². The van der Waals surface area contributed by atoms with E-state index < -0.39 is 34.9 Å². The van der Waals surface area contributed by atoms with Crippen LogP contribution in [0, 0.1) is 23.4 Å². The van der Waals surface area contributed by atoms with Crippen molar-refractivity contribution in [2.45, 2.75) is 56.6 Å². The highest BCUT2D eigenvalue weighted by atomic mass is 32.2. The van der Waals surface area contributed by atoms with Crippen molar-refractivity contribution in [3.63, 3.8) is 0 Å². The summed E-state index contributed by atoms with van der Waals surface area (Å²) in [5.74, 6) is -3.68. The molecule has 1 aliphatic heterocycles. The Bertz CT molecular complexity index is 1170. The molecule has 0 saturated carbocycles. The fraction of sp³-hybridized carbons (Fsp3) is 0.536. The Labute approximate surface area is 242 Å². The highest BCUT2D eigenvalue weighted by molar-refractivity contribution is 8.00. The van der Waals surface area contributed by atoms with Crippen molar-refractivity contribution in [3.05, 3.63) is 58.9 Å². The van der Waals surface area contributed by atoms with Gasteiger partial charge in [-0.3, -0.25) is 19.7 Å². The molecular weight excluding hydrogens is 559 g/mol. The van der Waals surface area contributed by atoms with E-state index in [1.165, 1.54) is 16.7 Å². The molecular formula is C28H38F3N5O4S. The molecule has 1 heterocycles. The van der Waals surface area contributed by atoms with Crippen LogP contribution in [0.5, 0.6) is 0 Å². The predicted octanol–water partition coefficient (Wildman–Crippen LogP) is 1.36. The van der Waals surface area contributed by atoms with E-state index in [1.54, 1.807) is 0 Å². The third kappa shape index (κ3) is 9.32. The van der Waals surface area contributed by atoms with Gasteiger partial charge in [0.1, 0.15) is 5.82 Å². The minimum Gasteiger partial charge on any atom is -0.395 e. The smallest absolute Gasteiger partial charge is 0.253 e. The first kappa shape index (κ1) is 32.6. The van der Waals surface area contributed by atoms with E-state index in [0.717, 1.165) is 11.6 Å².